The van der Waals surface area contributed by atoms with Crippen molar-refractivity contribution in [1.29, 1.82) is 0 Å². The Bertz CT molecular complexity index is 566. The summed E-state index contributed by atoms with van der Waals surface area (Å²) in [6.07, 6.45) is 8.08. The molecule has 3 heterocycles. The summed E-state index contributed by atoms with van der Waals surface area (Å²) >= 11 is 0. The lowest BCUT2D eigenvalue weighted by atomic mass is 10.1. The number of nitrogens with zero attached hydrogens (tertiary/aromatic N) is 4. The van der Waals surface area contributed by atoms with E-state index < -0.39 is 10.2 Å². The van der Waals surface area contributed by atoms with Gasteiger partial charge in [0, 0.05) is 44.6 Å². The molecule has 1 N–H and O–H groups in total. The maximum Gasteiger partial charge on any atom is 0.279 e. The minimum absolute atomic E-state index is 0.00638. The molecular weight excluding hydrogens is 302 g/mol. The van der Waals surface area contributed by atoms with Crippen molar-refractivity contribution in [3.8, 4) is 0 Å². The molecule has 2 aliphatic rings. The third kappa shape index (κ3) is 3.74. The number of anilines is 1. The number of nitrogens with one attached hydrogen (secondary N) is 1. The van der Waals surface area contributed by atoms with Gasteiger partial charge in [0.2, 0.25) is 5.95 Å². The summed E-state index contributed by atoms with van der Waals surface area (Å²) in [4.78, 5) is 10.6. The molecule has 0 aromatic carbocycles. The molecule has 2 fully saturated rings. The Hall–Kier alpha value is -1.25. The summed E-state index contributed by atoms with van der Waals surface area (Å²) in [7, 11) is -3.33. The summed E-state index contributed by atoms with van der Waals surface area (Å²) in [5.74, 6) is 0.722. The van der Waals surface area contributed by atoms with Gasteiger partial charge >= 0.3 is 0 Å². The van der Waals surface area contributed by atoms with E-state index in [1.54, 1.807) is 22.8 Å². The standard InChI is InChI=1S/C14H23N5O2S/c20-22(21,19-9-2-1-3-10-19)17-13-5-11-18(12-6-13)14-15-7-4-8-16-14/h4,7-8,13,17H,1-3,5-6,9-12H2. The normalized spacial score (nSPS) is 21.9. The van der Waals surface area contributed by atoms with E-state index in [2.05, 4.69) is 19.6 Å². The fraction of sp³-hybridized carbons (Fsp3) is 0.714. The van der Waals surface area contributed by atoms with E-state index in [0.29, 0.717) is 13.1 Å². The number of hydrogen-bond acceptors (Lipinski definition) is 5. The maximum atomic E-state index is 12.4. The van der Waals surface area contributed by atoms with Crippen molar-refractivity contribution in [3.05, 3.63) is 18.5 Å². The minimum Gasteiger partial charge on any atom is -0.341 e. The summed E-state index contributed by atoms with van der Waals surface area (Å²) in [5, 5.41) is 0. The van der Waals surface area contributed by atoms with Gasteiger partial charge in [0.25, 0.3) is 10.2 Å². The van der Waals surface area contributed by atoms with E-state index in [4.69, 9.17) is 0 Å². The molecule has 2 aliphatic heterocycles. The largest absolute Gasteiger partial charge is 0.341 e. The lowest BCUT2D eigenvalue weighted by Gasteiger charge is -2.34. The lowest BCUT2D eigenvalue weighted by Crippen LogP contribution is -2.50. The van der Waals surface area contributed by atoms with Crippen LogP contribution in [0.4, 0.5) is 5.95 Å². The highest BCUT2D eigenvalue weighted by atomic mass is 32.2. The molecule has 0 unspecified atom stereocenters. The van der Waals surface area contributed by atoms with Crippen LogP contribution in [0.1, 0.15) is 32.1 Å². The van der Waals surface area contributed by atoms with E-state index in [9.17, 15) is 8.42 Å². The molecule has 0 spiro atoms. The molecule has 1 aromatic rings. The number of piperidine rings is 2. The number of rotatable bonds is 4. The average Bonchev–Trinajstić information content (AvgIpc) is 2.57. The van der Waals surface area contributed by atoms with Crippen LogP contribution in [-0.4, -0.2) is 54.9 Å². The molecule has 0 bridgehead atoms. The van der Waals surface area contributed by atoms with Crippen molar-refractivity contribution in [2.45, 2.75) is 38.1 Å². The van der Waals surface area contributed by atoms with Gasteiger partial charge in [-0.3, -0.25) is 0 Å². The van der Waals surface area contributed by atoms with Crippen LogP contribution in [-0.2, 0) is 10.2 Å². The van der Waals surface area contributed by atoms with Gasteiger partial charge in [-0.05, 0) is 31.7 Å². The third-order valence-electron chi connectivity index (χ3n) is 4.30. The van der Waals surface area contributed by atoms with Crippen molar-refractivity contribution in [3.63, 3.8) is 0 Å². The fourth-order valence-corrected chi connectivity index (χ4v) is 4.59. The van der Waals surface area contributed by atoms with Crippen LogP contribution in [0.15, 0.2) is 18.5 Å². The van der Waals surface area contributed by atoms with Crippen molar-refractivity contribution in [2.24, 2.45) is 0 Å². The van der Waals surface area contributed by atoms with Crippen LogP contribution in [0.2, 0.25) is 0 Å². The first-order valence-corrected chi connectivity index (χ1v) is 9.38. The molecule has 1 aromatic heterocycles. The zero-order chi connectivity index (χ0) is 15.4. The molecule has 22 heavy (non-hydrogen) atoms. The molecule has 0 saturated carbocycles. The van der Waals surface area contributed by atoms with Crippen LogP contribution < -0.4 is 9.62 Å². The van der Waals surface area contributed by atoms with Crippen molar-refractivity contribution >= 4 is 16.2 Å². The Morgan fingerprint density at radius 3 is 2.27 bits per heavy atom. The summed E-state index contributed by atoms with van der Waals surface area (Å²) in [6, 6.07) is 1.80. The average molecular weight is 325 g/mol. The Kier molecular flexibility index (Phi) is 4.90. The second-order valence-corrected chi connectivity index (χ2v) is 7.59. The minimum atomic E-state index is -3.33. The van der Waals surface area contributed by atoms with Crippen LogP contribution >= 0.6 is 0 Å². The predicted molar refractivity (Wildman–Crippen MR) is 84.7 cm³/mol. The first kappa shape index (κ1) is 15.6. The molecule has 122 valence electrons. The monoisotopic (exact) mass is 325 g/mol. The molecule has 7 nitrogen and oxygen atoms in total. The van der Waals surface area contributed by atoms with E-state index in [1.165, 1.54) is 0 Å². The molecule has 0 aliphatic carbocycles. The molecule has 3 rings (SSSR count). The highest BCUT2D eigenvalue weighted by Crippen LogP contribution is 2.18. The van der Waals surface area contributed by atoms with Gasteiger partial charge in [-0.2, -0.15) is 17.4 Å². The van der Waals surface area contributed by atoms with Crippen LogP contribution in [0.25, 0.3) is 0 Å². The van der Waals surface area contributed by atoms with Gasteiger partial charge in [0.15, 0.2) is 0 Å². The van der Waals surface area contributed by atoms with Gasteiger partial charge < -0.3 is 4.90 Å². The van der Waals surface area contributed by atoms with Gasteiger partial charge in [0.05, 0.1) is 0 Å². The highest BCUT2D eigenvalue weighted by molar-refractivity contribution is 7.87. The lowest BCUT2D eigenvalue weighted by molar-refractivity contribution is 0.334. The number of aromatic nitrogens is 2. The Morgan fingerprint density at radius 2 is 1.64 bits per heavy atom. The smallest absolute Gasteiger partial charge is 0.279 e. The maximum absolute atomic E-state index is 12.4. The van der Waals surface area contributed by atoms with Gasteiger partial charge in [-0.1, -0.05) is 6.42 Å². The predicted octanol–water partition coefficient (Wildman–Crippen LogP) is 0.766. The molecular formula is C14H23N5O2S. The second kappa shape index (κ2) is 6.89. The molecule has 8 heteroatoms. The van der Waals surface area contributed by atoms with E-state index in [1.807, 2.05) is 0 Å². The van der Waals surface area contributed by atoms with Crippen LogP contribution in [0.5, 0.6) is 0 Å². The molecule has 0 atom stereocenters. The van der Waals surface area contributed by atoms with Crippen molar-refractivity contribution < 1.29 is 8.42 Å². The van der Waals surface area contributed by atoms with E-state index >= 15 is 0 Å². The molecule has 0 amide bonds. The third-order valence-corrected chi connectivity index (χ3v) is 5.98. The van der Waals surface area contributed by atoms with Crippen LogP contribution in [0.3, 0.4) is 0 Å². The van der Waals surface area contributed by atoms with Gasteiger partial charge in [0.1, 0.15) is 0 Å². The Balaban J connectivity index is 1.53. The zero-order valence-corrected chi connectivity index (χ0v) is 13.5. The SMILES string of the molecule is O=S(=O)(NC1CCN(c2ncccn2)CC1)N1CCCCC1. The van der Waals surface area contributed by atoms with Gasteiger partial charge in [-0.15, -0.1) is 0 Å². The van der Waals surface area contributed by atoms with E-state index in [0.717, 1.165) is 51.1 Å². The second-order valence-electron chi connectivity index (χ2n) is 5.89. The number of hydrogen-bond donors (Lipinski definition) is 1. The van der Waals surface area contributed by atoms with Crippen molar-refractivity contribution in [1.82, 2.24) is 19.0 Å². The van der Waals surface area contributed by atoms with Gasteiger partial charge in [-0.25, -0.2) is 9.97 Å². The highest BCUT2D eigenvalue weighted by Gasteiger charge is 2.29. The zero-order valence-electron chi connectivity index (χ0n) is 12.7. The van der Waals surface area contributed by atoms with Crippen molar-refractivity contribution in [2.75, 3.05) is 31.1 Å². The summed E-state index contributed by atoms with van der Waals surface area (Å²) in [6.45, 7) is 2.84. The first-order valence-electron chi connectivity index (χ1n) is 7.94. The summed E-state index contributed by atoms with van der Waals surface area (Å²) in [5.41, 5.74) is 0. The Morgan fingerprint density at radius 1 is 1.00 bits per heavy atom. The fourth-order valence-electron chi connectivity index (χ4n) is 3.04. The summed E-state index contributed by atoms with van der Waals surface area (Å²) < 4.78 is 29.2. The first-order chi connectivity index (χ1) is 10.6. The quantitative estimate of drug-likeness (QED) is 0.884. The topological polar surface area (TPSA) is 78.4 Å². The Labute approximate surface area is 131 Å². The van der Waals surface area contributed by atoms with E-state index in [-0.39, 0.29) is 6.04 Å². The molecule has 0 radical (unpaired) electrons. The molecule has 2 saturated heterocycles. The van der Waals surface area contributed by atoms with Crippen LogP contribution in [0, 0.1) is 0 Å².